The average Bonchev–Trinajstić information content (AvgIpc) is 3.45. The van der Waals surface area contributed by atoms with Gasteiger partial charge in [-0.15, -0.1) is 0 Å². The van der Waals surface area contributed by atoms with Gasteiger partial charge in [0.1, 0.15) is 11.4 Å². The second kappa shape index (κ2) is 6.50. The lowest BCUT2D eigenvalue weighted by molar-refractivity contribution is -0.138. The highest BCUT2D eigenvalue weighted by atomic mass is 35.5. The zero-order valence-corrected chi connectivity index (χ0v) is 15.8. The van der Waals surface area contributed by atoms with Gasteiger partial charge in [0.05, 0.1) is 37.3 Å². The zero-order valence-electron chi connectivity index (χ0n) is 15.0. The standard InChI is InChI=1S/C21H19ClN2O4/c22-14-5-3-13(4-6-14)10-23-19(25)17-16-7-8-21(28-16)12-24(20(26)18(17)21)11-15-2-1-9-27-15/h1-9,16-18H,10-12H2,(H,23,25)/t16?,17?,18?,21-/m1/s1. The fourth-order valence-electron chi connectivity index (χ4n) is 4.51. The molecule has 144 valence electrons. The van der Waals surface area contributed by atoms with Gasteiger partial charge in [-0.25, -0.2) is 0 Å². The van der Waals surface area contributed by atoms with Crippen molar-refractivity contribution in [3.05, 3.63) is 71.2 Å². The van der Waals surface area contributed by atoms with Crippen LogP contribution in [-0.4, -0.2) is 35.0 Å². The summed E-state index contributed by atoms with van der Waals surface area (Å²) in [6.45, 7) is 1.20. The maximum atomic E-state index is 13.1. The third-order valence-corrected chi connectivity index (χ3v) is 6.04. The first-order chi connectivity index (χ1) is 13.6. The largest absolute Gasteiger partial charge is 0.467 e. The molecule has 1 N–H and O–H groups in total. The van der Waals surface area contributed by atoms with Gasteiger partial charge in [0.25, 0.3) is 0 Å². The minimum Gasteiger partial charge on any atom is -0.467 e. The van der Waals surface area contributed by atoms with Crippen LogP contribution in [0.2, 0.25) is 5.02 Å². The summed E-state index contributed by atoms with van der Waals surface area (Å²) in [4.78, 5) is 27.8. The van der Waals surface area contributed by atoms with Gasteiger partial charge in [-0.3, -0.25) is 9.59 Å². The van der Waals surface area contributed by atoms with Crippen LogP contribution in [0.4, 0.5) is 0 Å². The monoisotopic (exact) mass is 398 g/mol. The molecular weight excluding hydrogens is 380 g/mol. The van der Waals surface area contributed by atoms with Gasteiger partial charge >= 0.3 is 0 Å². The van der Waals surface area contributed by atoms with Crippen LogP contribution in [0.3, 0.4) is 0 Å². The minimum atomic E-state index is -0.712. The van der Waals surface area contributed by atoms with Crippen LogP contribution in [0.1, 0.15) is 11.3 Å². The Bertz CT molecular complexity index is 940. The third-order valence-electron chi connectivity index (χ3n) is 5.79. The van der Waals surface area contributed by atoms with Gasteiger partial charge < -0.3 is 19.4 Å². The molecule has 3 aliphatic heterocycles. The number of carbonyl (C=O) groups excluding carboxylic acids is 2. The van der Waals surface area contributed by atoms with Crippen LogP contribution in [-0.2, 0) is 27.4 Å². The number of nitrogens with zero attached hydrogens (tertiary/aromatic N) is 1. The van der Waals surface area contributed by atoms with Gasteiger partial charge in [0.2, 0.25) is 11.8 Å². The van der Waals surface area contributed by atoms with Crippen molar-refractivity contribution in [2.45, 2.75) is 24.8 Å². The Morgan fingerprint density at radius 1 is 1.29 bits per heavy atom. The fraction of sp³-hybridized carbons (Fsp3) is 0.333. The Kier molecular flexibility index (Phi) is 4.07. The summed E-state index contributed by atoms with van der Waals surface area (Å²) in [6.07, 6.45) is 5.09. The average molecular weight is 399 g/mol. The van der Waals surface area contributed by atoms with E-state index in [1.165, 1.54) is 0 Å². The number of rotatable bonds is 5. The number of nitrogens with one attached hydrogen (secondary N) is 1. The predicted molar refractivity (Wildman–Crippen MR) is 101 cm³/mol. The Morgan fingerprint density at radius 3 is 2.86 bits per heavy atom. The highest BCUT2D eigenvalue weighted by molar-refractivity contribution is 6.30. The van der Waals surface area contributed by atoms with E-state index < -0.39 is 17.4 Å². The number of fused-ring (bicyclic) bond motifs is 1. The molecule has 5 rings (SSSR count). The molecule has 0 aliphatic carbocycles. The van der Waals surface area contributed by atoms with E-state index in [4.69, 9.17) is 20.8 Å². The summed E-state index contributed by atoms with van der Waals surface area (Å²) in [7, 11) is 0. The maximum absolute atomic E-state index is 13.1. The SMILES string of the molecule is O=C(NCc1ccc(Cl)cc1)C1C2C=C[C@]3(CN(Cc4ccco4)C(=O)C13)O2. The first-order valence-corrected chi connectivity index (χ1v) is 9.64. The van der Waals surface area contributed by atoms with Gasteiger partial charge in [0, 0.05) is 11.6 Å². The number of amides is 2. The summed E-state index contributed by atoms with van der Waals surface area (Å²) in [5, 5.41) is 3.60. The Balaban J connectivity index is 1.32. The summed E-state index contributed by atoms with van der Waals surface area (Å²) in [5.74, 6) is -0.527. The van der Waals surface area contributed by atoms with Crippen molar-refractivity contribution in [3.63, 3.8) is 0 Å². The van der Waals surface area contributed by atoms with Gasteiger partial charge in [-0.2, -0.15) is 0 Å². The molecule has 0 saturated carbocycles. The lowest BCUT2D eigenvalue weighted by Gasteiger charge is -2.23. The number of carbonyl (C=O) groups is 2. The molecule has 2 bridgehead atoms. The molecule has 2 amide bonds. The molecule has 6 nitrogen and oxygen atoms in total. The highest BCUT2D eigenvalue weighted by Crippen LogP contribution is 2.52. The minimum absolute atomic E-state index is 0.0603. The lowest BCUT2D eigenvalue weighted by atomic mass is 9.77. The number of hydrogen-bond donors (Lipinski definition) is 1. The number of hydrogen-bond acceptors (Lipinski definition) is 4. The molecule has 4 atom stereocenters. The number of ether oxygens (including phenoxy) is 1. The lowest BCUT2D eigenvalue weighted by Crippen LogP contribution is -2.43. The Morgan fingerprint density at radius 2 is 2.11 bits per heavy atom. The van der Waals surface area contributed by atoms with Gasteiger partial charge in [-0.1, -0.05) is 35.9 Å². The van der Waals surface area contributed by atoms with E-state index in [2.05, 4.69) is 5.32 Å². The molecule has 7 heteroatoms. The normalized spacial score (nSPS) is 30.1. The Hall–Kier alpha value is -2.57. The summed E-state index contributed by atoms with van der Waals surface area (Å²) in [5.41, 5.74) is 0.237. The second-order valence-corrected chi connectivity index (χ2v) is 7.95. The number of benzene rings is 1. The van der Waals surface area contributed by atoms with Crippen LogP contribution < -0.4 is 5.32 Å². The molecule has 2 aromatic rings. The van der Waals surface area contributed by atoms with E-state index in [9.17, 15) is 9.59 Å². The quantitative estimate of drug-likeness (QED) is 0.785. The molecule has 3 aliphatic rings. The first-order valence-electron chi connectivity index (χ1n) is 9.26. The van der Waals surface area contributed by atoms with Crippen molar-refractivity contribution >= 4 is 23.4 Å². The second-order valence-electron chi connectivity index (χ2n) is 7.52. The van der Waals surface area contributed by atoms with Gasteiger partial charge in [0.15, 0.2) is 0 Å². The number of likely N-dealkylation sites (tertiary alicyclic amines) is 1. The smallest absolute Gasteiger partial charge is 0.230 e. The van der Waals surface area contributed by atoms with Crippen molar-refractivity contribution in [1.29, 1.82) is 0 Å². The van der Waals surface area contributed by atoms with Crippen LogP contribution in [0, 0.1) is 11.8 Å². The molecule has 4 heterocycles. The maximum Gasteiger partial charge on any atom is 0.230 e. The van der Waals surface area contributed by atoms with Gasteiger partial charge in [-0.05, 0) is 29.8 Å². The zero-order chi connectivity index (χ0) is 19.3. The molecule has 2 fully saturated rings. The molecule has 2 saturated heterocycles. The Labute approximate surface area is 167 Å². The van der Waals surface area contributed by atoms with Crippen LogP contribution in [0.5, 0.6) is 0 Å². The van der Waals surface area contributed by atoms with Crippen molar-refractivity contribution in [2.24, 2.45) is 11.8 Å². The van der Waals surface area contributed by atoms with E-state index in [0.717, 1.165) is 5.56 Å². The molecule has 1 spiro atoms. The van der Waals surface area contributed by atoms with Crippen molar-refractivity contribution in [1.82, 2.24) is 10.2 Å². The van der Waals surface area contributed by atoms with E-state index in [1.807, 2.05) is 30.4 Å². The third kappa shape index (κ3) is 2.75. The highest BCUT2D eigenvalue weighted by Gasteiger charge is 2.66. The van der Waals surface area contributed by atoms with Crippen LogP contribution in [0.15, 0.2) is 59.2 Å². The fourth-order valence-corrected chi connectivity index (χ4v) is 4.64. The van der Waals surface area contributed by atoms with Crippen molar-refractivity contribution < 1.29 is 18.7 Å². The van der Waals surface area contributed by atoms with Crippen molar-refractivity contribution in [2.75, 3.05) is 6.54 Å². The number of halogens is 1. The van der Waals surface area contributed by atoms with Crippen LogP contribution >= 0.6 is 11.6 Å². The topological polar surface area (TPSA) is 71.8 Å². The van der Waals surface area contributed by atoms with E-state index in [1.54, 1.807) is 29.4 Å². The molecule has 3 unspecified atom stereocenters. The summed E-state index contributed by atoms with van der Waals surface area (Å²) < 4.78 is 11.5. The predicted octanol–water partition coefficient (Wildman–Crippen LogP) is 2.53. The molecule has 1 aromatic heterocycles. The number of furan rings is 1. The first kappa shape index (κ1) is 17.5. The summed E-state index contributed by atoms with van der Waals surface area (Å²) >= 11 is 5.90. The van der Waals surface area contributed by atoms with E-state index in [-0.39, 0.29) is 17.9 Å². The van der Waals surface area contributed by atoms with Crippen molar-refractivity contribution in [3.8, 4) is 0 Å². The van der Waals surface area contributed by atoms with E-state index in [0.29, 0.717) is 30.4 Å². The summed E-state index contributed by atoms with van der Waals surface area (Å²) in [6, 6.07) is 10.9. The van der Waals surface area contributed by atoms with E-state index >= 15 is 0 Å². The molecule has 28 heavy (non-hydrogen) atoms. The molecular formula is C21H19ClN2O4. The van der Waals surface area contributed by atoms with Crippen LogP contribution in [0.25, 0.3) is 0 Å². The molecule has 0 radical (unpaired) electrons. The molecule has 1 aromatic carbocycles.